The molecule has 4 heterocycles. The van der Waals surface area contributed by atoms with Gasteiger partial charge in [-0.25, -0.2) is 0 Å². The molecule has 1 aliphatic heterocycles. The summed E-state index contributed by atoms with van der Waals surface area (Å²) in [7, 11) is 0. The van der Waals surface area contributed by atoms with Crippen LogP contribution < -0.4 is 10.2 Å². The molecule has 0 bridgehead atoms. The molecule has 160 valence electrons. The molecular weight excluding hydrogens is 462 g/mol. The number of benzene rings is 1. The van der Waals surface area contributed by atoms with Crippen LogP contribution in [-0.4, -0.2) is 60.1 Å². The molecule has 5 rings (SSSR count). The third-order valence-electron chi connectivity index (χ3n) is 5.17. The summed E-state index contributed by atoms with van der Waals surface area (Å²) in [5.41, 5.74) is 1.68. The molecule has 0 amide bonds. The van der Waals surface area contributed by atoms with Crippen LogP contribution in [0.25, 0.3) is 17.0 Å². The highest BCUT2D eigenvalue weighted by Crippen LogP contribution is 2.24. The number of aromatic amines is 1. The van der Waals surface area contributed by atoms with E-state index in [1.165, 1.54) is 0 Å². The molecular formula is C20H22BrN9O. The van der Waals surface area contributed by atoms with Gasteiger partial charge in [0.05, 0.1) is 36.0 Å². The van der Waals surface area contributed by atoms with Gasteiger partial charge in [0.15, 0.2) is 11.5 Å². The summed E-state index contributed by atoms with van der Waals surface area (Å²) < 4.78 is 8.24. The van der Waals surface area contributed by atoms with Gasteiger partial charge in [-0.1, -0.05) is 30.3 Å². The molecule has 3 aromatic heterocycles. The number of hydrogen-bond donors (Lipinski definition) is 2. The van der Waals surface area contributed by atoms with Gasteiger partial charge in [0.25, 0.3) is 0 Å². The summed E-state index contributed by atoms with van der Waals surface area (Å²) >= 11 is 3.54. The topological polar surface area (TPSA) is 109 Å². The largest absolute Gasteiger partial charge is 0.375 e. The highest BCUT2D eigenvalue weighted by molar-refractivity contribution is 9.10. The minimum atomic E-state index is 0.117. The average Bonchev–Trinajstić information content (AvgIpc) is 3.41. The molecule has 0 spiro atoms. The third-order valence-corrected chi connectivity index (χ3v) is 5.73. The molecule has 31 heavy (non-hydrogen) atoms. The first-order chi connectivity index (χ1) is 15.1. The van der Waals surface area contributed by atoms with Crippen molar-refractivity contribution in [2.24, 2.45) is 0 Å². The summed E-state index contributed by atoms with van der Waals surface area (Å²) in [5, 5.41) is 16.2. The van der Waals surface area contributed by atoms with E-state index in [1.54, 1.807) is 10.7 Å². The monoisotopic (exact) mass is 483 g/mol. The Bertz CT molecular complexity index is 1190. The van der Waals surface area contributed by atoms with Crippen molar-refractivity contribution in [3.63, 3.8) is 0 Å². The van der Waals surface area contributed by atoms with Crippen LogP contribution in [0, 0.1) is 0 Å². The van der Waals surface area contributed by atoms with Gasteiger partial charge in [0.2, 0.25) is 11.9 Å². The van der Waals surface area contributed by atoms with Crippen LogP contribution in [0.1, 0.15) is 19.7 Å². The van der Waals surface area contributed by atoms with Crippen LogP contribution in [0.3, 0.4) is 0 Å². The third kappa shape index (κ3) is 3.98. The standard InChI is InChI=1S/C20H22BrN9O/c1-12-11-31-13(2)10-29(12)20-25-18-15(21)8-23-30(18)19(26-20)22-9-16-24-17(28-27-16)14-6-4-3-5-7-14/h3-8,12-13H,9-11H2,1-2H3,(H,22,25,26)(H,24,27,28)/t12-,13-/m0/s1. The molecule has 1 saturated heterocycles. The van der Waals surface area contributed by atoms with E-state index >= 15 is 0 Å². The quantitative estimate of drug-likeness (QED) is 0.445. The summed E-state index contributed by atoms with van der Waals surface area (Å²) in [6, 6.07) is 10.1. The van der Waals surface area contributed by atoms with Gasteiger partial charge in [-0.2, -0.15) is 19.6 Å². The first-order valence-electron chi connectivity index (χ1n) is 10.1. The Morgan fingerprint density at radius 1 is 1.19 bits per heavy atom. The first-order valence-corrected chi connectivity index (χ1v) is 10.9. The molecule has 0 unspecified atom stereocenters. The average molecular weight is 484 g/mol. The lowest BCUT2D eigenvalue weighted by Gasteiger charge is -2.36. The fourth-order valence-electron chi connectivity index (χ4n) is 3.53. The number of ether oxygens (including phenoxy) is 1. The minimum absolute atomic E-state index is 0.117. The molecule has 0 aliphatic carbocycles. The number of fused-ring (bicyclic) bond motifs is 1. The number of aromatic nitrogens is 7. The molecule has 2 N–H and O–H groups in total. The van der Waals surface area contributed by atoms with Crippen molar-refractivity contribution >= 4 is 33.5 Å². The van der Waals surface area contributed by atoms with Gasteiger partial charge >= 0.3 is 0 Å². The number of hydrogen-bond acceptors (Lipinski definition) is 8. The van der Waals surface area contributed by atoms with Crippen molar-refractivity contribution in [2.75, 3.05) is 23.4 Å². The van der Waals surface area contributed by atoms with Gasteiger partial charge < -0.3 is 19.9 Å². The number of morpholine rings is 1. The number of H-pyrrole nitrogens is 1. The maximum Gasteiger partial charge on any atom is 0.231 e. The molecule has 10 nitrogen and oxygen atoms in total. The lowest BCUT2D eigenvalue weighted by molar-refractivity contribution is 0.0337. The molecule has 2 atom stereocenters. The Morgan fingerprint density at radius 3 is 2.87 bits per heavy atom. The Labute approximate surface area is 187 Å². The predicted molar refractivity (Wildman–Crippen MR) is 120 cm³/mol. The molecule has 1 fully saturated rings. The second-order valence-electron chi connectivity index (χ2n) is 7.56. The Morgan fingerprint density at radius 2 is 2.03 bits per heavy atom. The van der Waals surface area contributed by atoms with E-state index in [-0.39, 0.29) is 12.1 Å². The van der Waals surface area contributed by atoms with Gasteiger partial charge in [0.1, 0.15) is 5.82 Å². The molecule has 0 saturated carbocycles. The fourth-order valence-corrected chi connectivity index (χ4v) is 3.88. The molecule has 11 heteroatoms. The maximum atomic E-state index is 5.75. The number of halogens is 1. The zero-order valence-corrected chi connectivity index (χ0v) is 18.7. The number of anilines is 2. The lowest BCUT2D eigenvalue weighted by Crippen LogP contribution is -2.48. The highest BCUT2D eigenvalue weighted by Gasteiger charge is 2.27. The summed E-state index contributed by atoms with van der Waals surface area (Å²) in [6.07, 6.45) is 1.83. The van der Waals surface area contributed by atoms with Gasteiger partial charge in [-0.3, -0.25) is 0 Å². The maximum absolute atomic E-state index is 5.75. The van der Waals surface area contributed by atoms with E-state index in [0.29, 0.717) is 36.5 Å². The van der Waals surface area contributed by atoms with Crippen molar-refractivity contribution in [3.05, 3.63) is 46.8 Å². The zero-order valence-electron chi connectivity index (χ0n) is 17.2. The second-order valence-corrected chi connectivity index (χ2v) is 8.41. The second kappa shape index (κ2) is 8.23. The summed E-state index contributed by atoms with van der Waals surface area (Å²) in [5.74, 6) is 2.65. The van der Waals surface area contributed by atoms with Crippen LogP contribution in [0.4, 0.5) is 11.9 Å². The lowest BCUT2D eigenvalue weighted by atomic mass is 10.2. The molecule has 1 aliphatic rings. The molecule has 1 aromatic carbocycles. The summed E-state index contributed by atoms with van der Waals surface area (Å²) in [6.45, 7) is 5.94. The van der Waals surface area contributed by atoms with Crippen LogP contribution in [0.2, 0.25) is 0 Å². The van der Waals surface area contributed by atoms with Crippen LogP contribution >= 0.6 is 15.9 Å². The van der Waals surface area contributed by atoms with Gasteiger partial charge in [0, 0.05) is 12.1 Å². The van der Waals surface area contributed by atoms with E-state index in [1.807, 2.05) is 30.3 Å². The number of nitrogens with zero attached hydrogens (tertiary/aromatic N) is 7. The highest BCUT2D eigenvalue weighted by atomic mass is 79.9. The van der Waals surface area contributed by atoms with E-state index in [0.717, 1.165) is 22.4 Å². The predicted octanol–water partition coefficient (Wildman–Crippen LogP) is 2.90. The van der Waals surface area contributed by atoms with E-state index in [2.05, 4.69) is 60.3 Å². The Hall–Kier alpha value is -3.05. The van der Waals surface area contributed by atoms with Gasteiger partial charge in [-0.05, 0) is 29.8 Å². The minimum Gasteiger partial charge on any atom is -0.375 e. The van der Waals surface area contributed by atoms with E-state index < -0.39 is 0 Å². The van der Waals surface area contributed by atoms with Crippen LogP contribution in [0.15, 0.2) is 41.0 Å². The van der Waals surface area contributed by atoms with Gasteiger partial charge in [-0.15, -0.1) is 10.2 Å². The van der Waals surface area contributed by atoms with Crippen LogP contribution in [-0.2, 0) is 11.3 Å². The number of nitrogens with one attached hydrogen (secondary N) is 2. The van der Waals surface area contributed by atoms with E-state index in [4.69, 9.17) is 14.7 Å². The fraction of sp³-hybridized carbons (Fsp3) is 0.350. The smallest absolute Gasteiger partial charge is 0.231 e. The molecule has 4 aromatic rings. The zero-order chi connectivity index (χ0) is 21.4. The van der Waals surface area contributed by atoms with Crippen molar-refractivity contribution in [1.29, 1.82) is 0 Å². The van der Waals surface area contributed by atoms with Crippen molar-refractivity contribution in [1.82, 2.24) is 34.8 Å². The summed E-state index contributed by atoms with van der Waals surface area (Å²) in [4.78, 5) is 14.9. The molecule has 0 radical (unpaired) electrons. The van der Waals surface area contributed by atoms with Crippen LogP contribution in [0.5, 0.6) is 0 Å². The first kappa shape index (κ1) is 19.9. The van der Waals surface area contributed by atoms with E-state index in [9.17, 15) is 0 Å². The Kier molecular flexibility index (Phi) is 5.28. The van der Waals surface area contributed by atoms with Crippen molar-refractivity contribution in [2.45, 2.75) is 32.5 Å². The SMILES string of the molecule is C[C@H]1CN(c2nc(NCc3nnc(-c4ccccc4)[nH]3)n3ncc(Br)c3n2)[C@@H](C)CO1. The van der Waals surface area contributed by atoms with Crippen molar-refractivity contribution < 1.29 is 4.74 Å². The van der Waals surface area contributed by atoms with Crippen molar-refractivity contribution in [3.8, 4) is 11.4 Å². The number of rotatable bonds is 5. The Balaban J connectivity index is 1.42. The normalized spacial score (nSPS) is 19.1.